The number of guanidine groups is 1. The smallest absolute Gasteiger partial charge is 0.303 e. The number of hydrogen-bond acceptors (Lipinski definition) is 11. The average molecular weight is 621 g/mol. The predicted molar refractivity (Wildman–Crippen MR) is 164 cm³/mol. The Morgan fingerprint density at radius 2 is 1.60 bits per heavy atom. The van der Waals surface area contributed by atoms with Gasteiger partial charge in [-0.2, -0.15) is 0 Å². The van der Waals surface area contributed by atoms with Crippen molar-refractivity contribution in [3.8, 4) is 5.75 Å². The van der Waals surface area contributed by atoms with E-state index in [1.807, 2.05) is 18.2 Å². The summed E-state index contributed by atoms with van der Waals surface area (Å²) < 4.78 is 28.6. The molecule has 1 aromatic carbocycles. The van der Waals surface area contributed by atoms with Gasteiger partial charge in [-0.1, -0.05) is 63.2 Å². The van der Waals surface area contributed by atoms with Gasteiger partial charge >= 0.3 is 17.9 Å². The second kappa shape index (κ2) is 17.6. The van der Waals surface area contributed by atoms with Crippen molar-refractivity contribution in [3.63, 3.8) is 0 Å². The third kappa shape index (κ3) is 11.3. The number of thiazole rings is 1. The molecule has 4 atom stereocenters. The highest BCUT2D eigenvalue weighted by Gasteiger charge is 2.47. The molecule has 13 heteroatoms. The molecule has 1 aliphatic heterocycles. The normalized spacial score (nSPS) is 20.3. The number of aromatic nitrogens is 1. The number of fused-ring (bicyclic) bond motifs is 1. The molecule has 2 heterocycles. The molecule has 0 spiro atoms. The van der Waals surface area contributed by atoms with Crippen molar-refractivity contribution >= 4 is 50.6 Å². The minimum Gasteiger partial charge on any atom is -0.497 e. The Bertz CT molecular complexity index is 1240. The number of nitrogens with zero attached hydrogens (tertiary/aromatic N) is 2. The molecule has 12 nitrogen and oxygen atoms in total. The monoisotopic (exact) mass is 620 g/mol. The van der Waals surface area contributed by atoms with Crippen LogP contribution in [-0.4, -0.2) is 73.7 Å². The van der Waals surface area contributed by atoms with Crippen molar-refractivity contribution in [2.75, 3.05) is 25.6 Å². The number of rotatable bonds is 15. The summed E-state index contributed by atoms with van der Waals surface area (Å²) >= 11 is 1.43. The van der Waals surface area contributed by atoms with Gasteiger partial charge in [0.25, 0.3) is 0 Å². The molecule has 1 fully saturated rings. The number of ether oxygens (including phenoxy) is 5. The molecular weight excluding hydrogens is 576 g/mol. The molecule has 2 aromatic rings. The molecule has 3 rings (SSSR count). The molecule has 0 amide bonds. The summed E-state index contributed by atoms with van der Waals surface area (Å²) in [6.07, 6.45) is 5.18. The standard InChI is InChI=1S/C30H44N4O8S/c1-6-7-8-9-10-11-12-13-16-31-29(34-30-32-23-15-14-22(38-5)17-25(23)43-30)33-28-27(42-21(4)37)26(41-20(3)36)24(18-39-28)40-19(2)35/h14-15,17,24,26-28H,6-13,16,18H2,1-5H3,(H2,31,32,33,34)/t24-,26+,27-,28-/m1/s1. The number of anilines is 1. The first-order valence-corrected chi connectivity index (χ1v) is 15.7. The summed E-state index contributed by atoms with van der Waals surface area (Å²) in [5.74, 6) is -0.745. The molecule has 2 N–H and O–H groups in total. The summed E-state index contributed by atoms with van der Waals surface area (Å²) in [6.45, 7) is 6.36. The lowest BCUT2D eigenvalue weighted by atomic mass is 10.0. The van der Waals surface area contributed by atoms with Crippen molar-refractivity contribution in [1.29, 1.82) is 0 Å². The largest absolute Gasteiger partial charge is 0.497 e. The van der Waals surface area contributed by atoms with Gasteiger partial charge in [0.15, 0.2) is 35.6 Å². The van der Waals surface area contributed by atoms with Gasteiger partial charge in [0.05, 0.1) is 23.9 Å². The van der Waals surface area contributed by atoms with E-state index < -0.39 is 42.4 Å². The Balaban J connectivity index is 1.79. The summed E-state index contributed by atoms with van der Waals surface area (Å²) in [6, 6.07) is 5.62. The molecular formula is C30H44N4O8S. The van der Waals surface area contributed by atoms with E-state index in [1.54, 1.807) is 7.11 Å². The van der Waals surface area contributed by atoms with Gasteiger partial charge in [-0.25, -0.2) is 4.98 Å². The van der Waals surface area contributed by atoms with Crippen LogP contribution in [0.2, 0.25) is 0 Å². The molecule has 0 aliphatic carbocycles. The van der Waals surface area contributed by atoms with Crippen LogP contribution in [0.1, 0.15) is 79.1 Å². The fourth-order valence-electron chi connectivity index (χ4n) is 4.74. The van der Waals surface area contributed by atoms with Crippen LogP contribution in [0.25, 0.3) is 10.2 Å². The molecule has 0 unspecified atom stereocenters. The quantitative estimate of drug-likeness (QED) is 0.0916. The maximum atomic E-state index is 12.1. The van der Waals surface area contributed by atoms with E-state index in [2.05, 4.69) is 22.5 Å². The minimum absolute atomic E-state index is 0.0980. The molecule has 1 aliphatic rings. The second-order valence-corrected chi connectivity index (χ2v) is 11.4. The molecule has 0 saturated carbocycles. The number of aliphatic imine (C=N–C) groups is 1. The van der Waals surface area contributed by atoms with Crippen LogP contribution < -0.4 is 15.4 Å². The first-order chi connectivity index (χ1) is 20.7. The third-order valence-corrected chi connectivity index (χ3v) is 7.67. The van der Waals surface area contributed by atoms with E-state index in [-0.39, 0.29) is 6.61 Å². The highest BCUT2D eigenvalue weighted by atomic mass is 32.1. The van der Waals surface area contributed by atoms with Crippen LogP contribution in [0.4, 0.5) is 5.13 Å². The van der Waals surface area contributed by atoms with Crippen LogP contribution in [0, 0.1) is 0 Å². The molecule has 43 heavy (non-hydrogen) atoms. The summed E-state index contributed by atoms with van der Waals surface area (Å²) in [5, 5.41) is 7.01. The summed E-state index contributed by atoms with van der Waals surface area (Å²) in [7, 11) is 1.61. The Morgan fingerprint density at radius 1 is 0.953 bits per heavy atom. The van der Waals surface area contributed by atoms with E-state index in [9.17, 15) is 14.4 Å². The van der Waals surface area contributed by atoms with Crippen LogP contribution in [0.3, 0.4) is 0 Å². The average Bonchev–Trinajstić information content (AvgIpc) is 3.35. The molecule has 238 valence electrons. The topological polar surface area (TPSA) is 147 Å². The van der Waals surface area contributed by atoms with E-state index in [0.29, 0.717) is 17.6 Å². The van der Waals surface area contributed by atoms with Crippen LogP contribution in [0.15, 0.2) is 23.2 Å². The van der Waals surface area contributed by atoms with E-state index in [4.69, 9.17) is 28.7 Å². The summed E-state index contributed by atoms with van der Waals surface area (Å²) in [4.78, 5) is 45.2. The number of hydrogen-bond donors (Lipinski definition) is 2. The number of methoxy groups -OCH3 is 1. The van der Waals surface area contributed by atoms with Gasteiger partial charge in [-0.3, -0.25) is 19.4 Å². The number of esters is 3. The van der Waals surface area contributed by atoms with Crippen LogP contribution >= 0.6 is 11.3 Å². The van der Waals surface area contributed by atoms with Gasteiger partial charge in [-0.05, 0) is 24.6 Å². The minimum atomic E-state index is -1.13. The van der Waals surface area contributed by atoms with Crippen molar-refractivity contribution in [2.24, 2.45) is 4.99 Å². The molecule has 0 radical (unpaired) electrons. The van der Waals surface area contributed by atoms with Crippen molar-refractivity contribution in [1.82, 2.24) is 10.3 Å². The van der Waals surface area contributed by atoms with Gasteiger partial charge in [0, 0.05) is 27.3 Å². The van der Waals surface area contributed by atoms with Crippen molar-refractivity contribution < 1.29 is 38.1 Å². The zero-order chi connectivity index (χ0) is 31.2. The fraction of sp³-hybridized carbons (Fsp3) is 0.633. The number of carbonyl (C=O) groups excluding carboxylic acids is 3. The van der Waals surface area contributed by atoms with Crippen molar-refractivity contribution in [2.45, 2.75) is 104 Å². The summed E-state index contributed by atoms with van der Waals surface area (Å²) in [5.41, 5.74) is 0.793. The van der Waals surface area contributed by atoms with Gasteiger partial charge < -0.3 is 34.3 Å². The zero-order valence-electron chi connectivity index (χ0n) is 25.7. The van der Waals surface area contributed by atoms with E-state index >= 15 is 0 Å². The first-order valence-electron chi connectivity index (χ1n) is 14.9. The first kappa shape index (κ1) is 34.0. The highest BCUT2D eigenvalue weighted by Crippen LogP contribution is 2.29. The Morgan fingerprint density at radius 3 is 2.26 bits per heavy atom. The third-order valence-electron chi connectivity index (χ3n) is 6.73. The zero-order valence-corrected chi connectivity index (χ0v) is 26.5. The Kier molecular flexibility index (Phi) is 13.9. The van der Waals surface area contributed by atoms with Crippen LogP contribution in [0.5, 0.6) is 5.75 Å². The number of benzene rings is 1. The van der Waals surface area contributed by atoms with Crippen LogP contribution in [-0.2, 0) is 33.3 Å². The molecule has 0 bridgehead atoms. The lowest BCUT2D eigenvalue weighted by Gasteiger charge is -2.40. The van der Waals surface area contributed by atoms with Gasteiger partial charge in [-0.15, -0.1) is 0 Å². The van der Waals surface area contributed by atoms with E-state index in [0.717, 1.165) is 35.2 Å². The maximum absolute atomic E-state index is 12.1. The van der Waals surface area contributed by atoms with Gasteiger partial charge in [0.1, 0.15) is 5.75 Å². The Labute approximate surface area is 256 Å². The lowest BCUT2D eigenvalue weighted by Crippen LogP contribution is -2.62. The SMILES string of the molecule is CCCCCCCCCCN=C(Nc1nc2ccc(OC)cc2s1)N[C@@H]1OC[C@@H](OC(C)=O)[C@H](OC(C)=O)[C@H]1OC(C)=O. The van der Waals surface area contributed by atoms with Gasteiger partial charge in [0.2, 0.25) is 0 Å². The number of carbonyl (C=O) groups is 3. The molecule has 1 aromatic heterocycles. The van der Waals surface area contributed by atoms with E-state index in [1.165, 1.54) is 64.2 Å². The second-order valence-electron chi connectivity index (χ2n) is 10.4. The number of unbranched alkanes of at least 4 members (excludes halogenated alkanes) is 7. The van der Waals surface area contributed by atoms with Crippen molar-refractivity contribution in [3.05, 3.63) is 18.2 Å². The lowest BCUT2D eigenvalue weighted by molar-refractivity contribution is -0.227. The maximum Gasteiger partial charge on any atom is 0.303 e. The predicted octanol–water partition coefficient (Wildman–Crippen LogP) is 4.95. The number of nitrogens with one attached hydrogen (secondary N) is 2. The Hall–Kier alpha value is -3.45. The molecule has 1 saturated heterocycles. The highest BCUT2D eigenvalue weighted by molar-refractivity contribution is 7.22. The fourth-order valence-corrected chi connectivity index (χ4v) is 5.64.